The van der Waals surface area contributed by atoms with Crippen LogP contribution >= 0.6 is 11.3 Å². The van der Waals surface area contributed by atoms with E-state index in [0.717, 1.165) is 62.0 Å². The third-order valence-corrected chi connectivity index (χ3v) is 7.38. The molecule has 2 aromatic heterocycles. The molecular formula is C20H26N4O3S. The van der Waals surface area contributed by atoms with E-state index in [9.17, 15) is 4.79 Å². The van der Waals surface area contributed by atoms with Crippen molar-refractivity contribution in [3.05, 3.63) is 16.8 Å². The zero-order chi connectivity index (χ0) is 19.1. The number of hydrogen-bond donors (Lipinski definition) is 2. The number of hydrogen-bond acceptors (Lipinski definition) is 7. The van der Waals surface area contributed by atoms with Gasteiger partial charge in [0, 0.05) is 17.3 Å². The molecule has 5 rings (SSSR count). The van der Waals surface area contributed by atoms with Crippen molar-refractivity contribution in [2.24, 2.45) is 5.73 Å². The lowest BCUT2D eigenvalue weighted by atomic mass is 9.92. The van der Waals surface area contributed by atoms with Crippen molar-refractivity contribution in [2.75, 3.05) is 13.2 Å². The standard InChI is InChI=1S/C20H26N4O3S/c21-16(25)7-11-1-6-15-17(11)18-19(22-10-23-20(18)28-15)27-14-4-2-12(3-5-14)24-13-8-26-9-13/h10-14,24H,1-9H2,(H2,21,25)/t11-,12?,14?/m1/s1. The number of primary amides is 1. The Kier molecular flexibility index (Phi) is 4.94. The average Bonchev–Trinajstić information content (AvgIpc) is 3.19. The number of amides is 1. The maximum absolute atomic E-state index is 11.5. The van der Waals surface area contributed by atoms with Gasteiger partial charge in [-0.3, -0.25) is 4.79 Å². The Bertz CT molecular complexity index is 874. The fourth-order valence-electron chi connectivity index (χ4n) is 4.75. The smallest absolute Gasteiger partial charge is 0.225 e. The van der Waals surface area contributed by atoms with Crippen molar-refractivity contribution in [1.82, 2.24) is 15.3 Å². The topological polar surface area (TPSA) is 99.4 Å². The van der Waals surface area contributed by atoms with E-state index >= 15 is 0 Å². The minimum absolute atomic E-state index is 0.166. The van der Waals surface area contributed by atoms with E-state index in [2.05, 4.69) is 15.3 Å². The van der Waals surface area contributed by atoms with E-state index in [1.807, 2.05) is 0 Å². The van der Waals surface area contributed by atoms with E-state index < -0.39 is 0 Å². The summed E-state index contributed by atoms with van der Waals surface area (Å²) < 4.78 is 11.6. The van der Waals surface area contributed by atoms with Gasteiger partial charge in [0.25, 0.3) is 0 Å². The molecule has 7 nitrogen and oxygen atoms in total. The Morgan fingerprint density at radius 2 is 2.04 bits per heavy atom. The van der Waals surface area contributed by atoms with Gasteiger partial charge < -0.3 is 20.5 Å². The molecule has 0 spiro atoms. The highest BCUT2D eigenvalue weighted by molar-refractivity contribution is 7.19. The van der Waals surface area contributed by atoms with Crippen LogP contribution < -0.4 is 15.8 Å². The summed E-state index contributed by atoms with van der Waals surface area (Å²) in [5, 5.41) is 4.69. The monoisotopic (exact) mass is 402 g/mol. The van der Waals surface area contributed by atoms with Crippen LogP contribution in [0.25, 0.3) is 10.2 Å². The molecular weight excluding hydrogens is 376 g/mol. The quantitative estimate of drug-likeness (QED) is 0.769. The number of carbonyl (C=O) groups is 1. The van der Waals surface area contributed by atoms with Crippen molar-refractivity contribution in [1.29, 1.82) is 0 Å². The zero-order valence-corrected chi connectivity index (χ0v) is 16.7. The van der Waals surface area contributed by atoms with Crippen molar-refractivity contribution in [2.45, 2.75) is 69.1 Å². The van der Waals surface area contributed by atoms with Gasteiger partial charge in [-0.1, -0.05) is 0 Å². The summed E-state index contributed by atoms with van der Waals surface area (Å²) >= 11 is 1.70. The predicted molar refractivity (Wildman–Crippen MR) is 107 cm³/mol. The third-order valence-electron chi connectivity index (χ3n) is 6.21. The number of rotatable bonds is 6. The molecule has 2 aliphatic carbocycles. The Morgan fingerprint density at radius 3 is 2.75 bits per heavy atom. The van der Waals surface area contributed by atoms with Crippen LogP contribution in [0.2, 0.25) is 0 Å². The Morgan fingerprint density at radius 1 is 1.21 bits per heavy atom. The van der Waals surface area contributed by atoms with Crippen LogP contribution in [-0.2, 0) is 16.0 Å². The molecule has 2 aromatic rings. The van der Waals surface area contributed by atoms with Gasteiger partial charge in [0.15, 0.2) is 0 Å². The first-order valence-electron chi connectivity index (χ1n) is 10.2. The first-order chi connectivity index (χ1) is 13.7. The van der Waals surface area contributed by atoms with Crippen LogP contribution in [0.1, 0.15) is 54.9 Å². The van der Waals surface area contributed by atoms with Crippen molar-refractivity contribution < 1.29 is 14.3 Å². The molecule has 1 saturated carbocycles. The number of thiophene rings is 1. The van der Waals surface area contributed by atoms with E-state index in [0.29, 0.717) is 24.4 Å². The van der Waals surface area contributed by atoms with Crippen molar-refractivity contribution >= 4 is 27.5 Å². The van der Waals surface area contributed by atoms with Crippen molar-refractivity contribution in [3.63, 3.8) is 0 Å². The second kappa shape index (κ2) is 7.57. The molecule has 0 aromatic carbocycles. The summed E-state index contributed by atoms with van der Waals surface area (Å²) in [5.74, 6) is 0.598. The van der Waals surface area contributed by atoms with Gasteiger partial charge in [-0.15, -0.1) is 11.3 Å². The van der Waals surface area contributed by atoms with Gasteiger partial charge in [-0.2, -0.15) is 0 Å². The number of ether oxygens (including phenoxy) is 2. The Labute approximate surface area is 168 Å². The average molecular weight is 403 g/mol. The lowest BCUT2D eigenvalue weighted by Gasteiger charge is -2.35. The number of nitrogens with two attached hydrogens (primary N) is 1. The zero-order valence-electron chi connectivity index (χ0n) is 15.9. The Balaban J connectivity index is 1.32. The molecule has 1 saturated heterocycles. The van der Waals surface area contributed by atoms with Crippen LogP contribution in [0.5, 0.6) is 5.88 Å². The summed E-state index contributed by atoms with van der Waals surface area (Å²) in [6, 6.07) is 1.09. The number of aromatic nitrogens is 2. The van der Waals surface area contributed by atoms with E-state index in [4.69, 9.17) is 15.2 Å². The van der Waals surface area contributed by atoms with Crippen LogP contribution in [0.15, 0.2) is 6.33 Å². The molecule has 1 amide bonds. The molecule has 3 aliphatic rings. The van der Waals surface area contributed by atoms with Crippen LogP contribution in [0.3, 0.4) is 0 Å². The molecule has 0 radical (unpaired) electrons. The molecule has 2 fully saturated rings. The van der Waals surface area contributed by atoms with Crippen LogP contribution in [0.4, 0.5) is 0 Å². The maximum Gasteiger partial charge on any atom is 0.225 e. The molecule has 150 valence electrons. The van der Waals surface area contributed by atoms with Gasteiger partial charge in [0.1, 0.15) is 17.3 Å². The minimum Gasteiger partial charge on any atom is -0.474 e. The molecule has 3 N–H and O–H groups in total. The SMILES string of the molecule is NC(=O)C[C@H]1CCc2sc3ncnc(OC4CCC(NC5COC5)CC4)c3c21. The largest absolute Gasteiger partial charge is 0.474 e. The number of aryl methyl sites for hydroxylation is 1. The molecule has 0 unspecified atom stereocenters. The number of fused-ring (bicyclic) bond motifs is 3. The molecule has 8 heteroatoms. The fraction of sp³-hybridized carbons (Fsp3) is 0.650. The van der Waals surface area contributed by atoms with Gasteiger partial charge in [-0.25, -0.2) is 9.97 Å². The number of nitrogens with zero attached hydrogens (tertiary/aromatic N) is 2. The molecule has 28 heavy (non-hydrogen) atoms. The summed E-state index contributed by atoms with van der Waals surface area (Å²) in [7, 11) is 0. The molecule has 0 bridgehead atoms. The fourth-order valence-corrected chi connectivity index (χ4v) is 5.98. The third kappa shape index (κ3) is 3.49. The number of carbonyl (C=O) groups excluding carboxylic acids is 1. The first-order valence-corrected chi connectivity index (χ1v) is 11.0. The second-order valence-electron chi connectivity index (χ2n) is 8.20. The highest BCUT2D eigenvalue weighted by Crippen LogP contribution is 2.47. The first kappa shape index (κ1) is 18.3. The minimum atomic E-state index is -0.251. The second-order valence-corrected chi connectivity index (χ2v) is 9.28. The summed E-state index contributed by atoms with van der Waals surface area (Å²) in [6.07, 6.45) is 8.38. The van der Waals surface area contributed by atoms with Gasteiger partial charge in [0.05, 0.1) is 24.6 Å². The van der Waals surface area contributed by atoms with E-state index in [1.165, 1.54) is 10.4 Å². The maximum atomic E-state index is 11.5. The lowest BCUT2D eigenvalue weighted by Crippen LogP contribution is -2.51. The molecule has 3 heterocycles. The molecule has 1 atom stereocenters. The predicted octanol–water partition coefficient (Wildman–Crippen LogP) is 2.27. The number of nitrogens with one attached hydrogen (secondary N) is 1. The van der Waals surface area contributed by atoms with E-state index in [-0.39, 0.29) is 17.9 Å². The van der Waals surface area contributed by atoms with Gasteiger partial charge in [0.2, 0.25) is 11.8 Å². The summed E-state index contributed by atoms with van der Waals surface area (Å²) in [6.45, 7) is 1.68. The molecule has 1 aliphatic heterocycles. The summed E-state index contributed by atoms with van der Waals surface area (Å²) in [4.78, 5) is 22.7. The highest BCUT2D eigenvalue weighted by Gasteiger charge is 2.32. The normalized spacial score (nSPS) is 27.5. The summed E-state index contributed by atoms with van der Waals surface area (Å²) in [5.41, 5.74) is 6.68. The Hall–Kier alpha value is -1.77. The van der Waals surface area contributed by atoms with Gasteiger partial charge in [-0.05, 0) is 50.0 Å². The van der Waals surface area contributed by atoms with Gasteiger partial charge >= 0.3 is 0 Å². The van der Waals surface area contributed by atoms with Crippen LogP contribution in [0, 0.1) is 0 Å². The lowest BCUT2D eigenvalue weighted by molar-refractivity contribution is -0.118. The highest BCUT2D eigenvalue weighted by atomic mass is 32.1. The van der Waals surface area contributed by atoms with Crippen molar-refractivity contribution in [3.8, 4) is 5.88 Å². The van der Waals surface area contributed by atoms with Crippen LogP contribution in [-0.4, -0.2) is 47.3 Å². The van der Waals surface area contributed by atoms with E-state index in [1.54, 1.807) is 17.7 Å².